The highest BCUT2D eigenvalue weighted by Crippen LogP contribution is 2.25. The second kappa shape index (κ2) is 7.33. The Kier molecular flexibility index (Phi) is 5.47. The summed E-state index contributed by atoms with van der Waals surface area (Å²) in [6, 6.07) is 11.9. The van der Waals surface area contributed by atoms with Crippen LogP contribution in [0.25, 0.3) is 0 Å². The van der Waals surface area contributed by atoms with E-state index in [0.717, 1.165) is 10.2 Å². The molecule has 2 aromatic rings. The maximum Gasteiger partial charge on any atom is 0.335 e. The van der Waals surface area contributed by atoms with Crippen molar-refractivity contribution in [1.29, 1.82) is 0 Å². The summed E-state index contributed by atoms with van der Waals surface area (Å²) in [5, 5.41) is 12.6. The van der Waals surface area contributed by atoms with E-state index >= 15 is 0 Å². The largest absolute Gasteiger partial charge is 0.492 e. The number of aromatic carboxylic acids is 1. The number of nitrogens with one attached hydrogen (secondary N) is 1. The molecule has 0 heterocycles. The Morgan fingerprint density at radius 1 is 1.24 bits per heavy atom. The Hall–Kier alpha value is -1.72. The number of anilines is 1. The highest BCUT2D eigenvalue weighted by Gasteiger charge is 2.03. The first-order chi connectivity index (χ1) is 10.1. The van der Waals surface area contributed by atoms with Gasteiger partial charge < -0.3 is 15.2 Å². The van der Waals surface area contributed by atoms with Crippen molar-refractivity contribution in [3.63, 3.8) is 0 Å². The van der Waals surface area contributed by atoms with Crippen molar-refractivity contribution in [2.75, 3.05) is 18.5 Å². The van der Waals surface area contributed by atoms with Crippen molar-refractivity contribution < 1.29 is 14.6 Å². The number of carboxylic acids is 1. The zero-order valence-electron chi connectivity index (χ0n) is 11.0. The minimum atomic E-state index is -0.951. The van der Waals surface area contributed by atoms with Crippen LogP contribution in [-0.2, 0) is 0 Å². The molecule has 0 aliphatic carbocycles. The van der Waals surface area contributed by atoms with Gasteiger partial charge in [0.1, 0.15) is 12.4 Å². The van der Waals surface area contributed by atoms with E-state index in [4.69, 9.17) is 21.4 Å². The van der Waals surface area contributed by atoms with Crippen LogP contribution in [0.4, 0.5) is 5.69 Å². The monoisotopic (exact) mass is 369 g/mol. The zero-order chi connectivity index (χ0) is 15.2. The molecular formula is C15H13BrClNO3. The molecule has 0 saturated carbocycles. The number of ether oxygens (including phenoxy) is 1. The Bertz CT molecular complexity index is 631. The number of benzene rings is 2. The first kappa shape index (κ1) is 15.7. The van der Waals surface area contributed by atoms with Gasteiger partial charge in [-0.2, -0.15) is 0 Å². The van der Waals surface area contributed by atoms with Crippen LogP contribution in [0.2, 0.25) is 5.02 Å². The Morgan fingerprint density at radius 3 is 2.62 bits per heavy atom. The van der Waals surface area contributed by atoms with Crippen LogP contribution in [0.15, 0.2) is 46.9 Å². The number of rotatable bonds is 6. The Morgan fingerprint density at radius 2 is 1.95 bits per heavy atom. The minimum absolute atomic E-state index is 0.237. The van der Waals surface area contributed by atoms with Crippen LogP contribution in [0.1, 0.15) is 10.4 Å². The van der Waals surface area contributed by atoms with Gasteiger partial charge in [-0.05, 0) is 42.5 Å². The maximum absolute atomic E-state index is 10.7. The molecule has 0 amide bonds. The van der Waals surface area contributed by atoms with Crippen molar-refractivity contribution in [2.45, 2.75) is 0 Å². The Labute approximate surface area is 135 Å². The fourth-order valence-corrected chi connectivity index (χ4v) is 2.23. The van der Waals surface area contributed by atoms with Gasteiger partial charge in [-0.1, -0.05) is 27.5 Å². The third kappa shape index (κ3) is 4.65. The number of hydrogen-bond donors (Lipinski definition) is 2. The van der Waals surface area contributed by atoms with E-state index in [1.165, 1.54) is 12.1 Å². The minimum Gasteiger partial charge on any atom is -0.492 e. The lowest BCUT2D eigenvalue weighted by Crippen LogP contribution is -2.11. The van der Waals surface area contributed by atoms with Gasteiger partial charge in [-0.3, -0.25) is 0 Å². The molecule has 2 aromatic carbocycles. The summed E-state index contributed by atoms with van der Waals surface area (Å²) < 4.78 is 6.47. The molecule has 0 aliphatic heterocycles. The average molecular weight is 371 g/mol. The lowest BCUT2D eigenvalue weighted by atomic mass is 10.2. The van der Waals surface area contributed by atoms with E-state index in [-0.39, 0.29) is 5.56 Å². The van der Waals surface area contributed by atoms with E-state index in [1.807, 2.05) is 12.1 Å². The fourth-order valence-electron chi connectivity index (χ4n) is 1.68. The summed E-state index contributed by atoms with van der Waals surface area (Å²) in [7, 11) is 0. The maximum atomic E-state index is 10.7. The summed E-state index contributed by atoms with van der Waals surface area (Å²) in [4.78, 5) is 10.7. The van der Waals surface area contributed by atoms with Gasteiger partial charge in [-0.25, -0.2) is 4.79 Å². The van der Waals surface area contributed by atoms with E-state index in [2.05, 4.69) is 21.2 Å². The van der Waals surface area contributed by atoms with Crippen molar-refractivity contribution in [3.8, 4) is 5.75 Å². The first-order valence-electron chi connectivity index (χ1n) is 6.21. The SMILES string of the molecule is O=C(O)c1ccc(OCCNc2cc(Br)ccc2Cl)cc1. The molecule has 0 unspecified atom stereocenters. The van der Waals surface area contributed by atoms with Gasteiger partial charge in [0.25, 0.3) is 0 Å². The summed E-state index contributed by atoms with van der Waals surface area (Å²) >= 11 is 9.44. The topological polar surface area (TPSA) is 58.6 Å². The van der Waals surface area contributed by atoms with Gasteiger partial charge in [-0.15, -0.1) is 0 Å². The molecule has 0 fully saturated rings. The molecule has 0 spiro atoms. The first-order valence-corrected chi connectivity index (χ1v) is 7.38. The van der Waals surface area contributed by atoms with E-state index in [0.29, 0.717) is 23.9 Å². The molecule has 2 N–H and O–H groups in total. The van der Waals surface area contributed by atoms with Crippen molar-refractivity contribution in [3.05, 3.63) is 57.5 Å². The molecule has 0 radical (unpaired) electrons. The predicted octanol–water partition coefficient (Wildman–Crippen LogP) is 4.29. The molecule has 2 rings (SSSR count). The molecule has 21 heavy (non-hydrogen) atoms. The predicted molar refractivity (Wildman–Crippen MR) is 86.5 cm³/mol. The number of carbonyl (C=O) groups is 1. The number of halogens is 2. The van der Waals surface area contributed by atoms with Gasteiger partial charge in [0, 0.05) is 11.0 Å². The molecule has 6 heteroatoms. The standard InChI is InChI=1S/C15H13BrClNO3/c16-11-3-6-13(17)14(9-11)18-7-8-21-12-4-1-10(2-5-12)15(19)20/h1-6,9,18H,7-8H2,(H,19,20). The molecule has 4 nitrogen and oxygen atoms in total. The molecule has 110 valence electrons. The second-order valence-electron chi connectivity index (χ2n) is 4.23. The third-order valence-corrected chi connectivity index (χ3v) is 3.54. The summed E-state index contributed by atoms with van der Waals surface area (Å²) in [6.07, 6.45) is 0. The summed E-state index contributed by atoms with van der Waals surface area (Å²) in [5.74, 6) is -0.324. The molecule has 0 aromatic heterocycles. The molecular weight excluding hydrogens is 358 g/mol. The van der Waals surface area contributed by atoms with Gasteiger partial charge >= 0.3 is 5.97 Å². The van der Waals surface area contributed by atoms with E-state index in [1.54, 1.807) is 18.2 Å². The molecule has 0 atom stereocenters. The van der Waals surface area contributed by atoms with E-state index < -0.39 is 5.97 Å². The molecule has 0 bridgehead atoms. The lowest BCUT2D eigenvalue weighted by molar-refractivity contribution is 0.0697. The van der Waals surface area contributed by atoms with Crippen LogP contribution in [0, 0.1) is 0 Å². The van der Waals surface area contributed by atoms with Crippen molar-refractivity contribution >= 4 is 39.2 Å². The highest BCUT2D eigenvalue weighted by atomic mass is 79.9. The Balaban J connectivity index is 1.81. The van der Waals surface area contributed by atoms with Gasteiger partial charge in [0.2, 0.25) is 0 Å². The smallest absolute Gasteiger partial charge is 0.335 e. The van der Waals surface area contributed by atoms with E-state index in [9.17, 15) is 4.79 Å². The number of hydrogen-bond acceptors (Lipinski definition) is 3. The van der Waals surface area contributed by atoms with Gasteiger partial charge in [0.05, 0.1) is 16.3 Å². The lowest BCUT2D eigenvalue weighted by Gasteiger charge is -2.10. The summed E-state index contributed by atoms with van der Waals surface area (Å²) in [5.41, 5.74) is 1.07. The van der Waals surface area contributed by atoms with Crippen LogP contribution in [-0.4, -0.2) is 24.2 Å². The van der Waals surface area contributed by atoms with Crippen LogP contribution in [0.5, 0.6) is 5.75 Å². The van der Waals surface area contributed by atoms with Crippen LogP contribution >= 0.6 is 27.5 Å². The fraction of sp³-hybridized carbons (Fsp3) is 0.133. The highest BCUT2D eigenvalue weighted by molar-refractivity contribution is 9.10. The molecule has 0 aliphatic rings. The normalized spacial score (nSPS) is 10.2. The van der Waals surface area contributed by atoms with Crippen LogP contribution < -0.4 is 10.1 Å². The van der Waals surface area contributed by atoms with Crippen molar-refractivity contribution in [1.82, 2.24) is 0 Å². The quantitative estimate of drug-likeness (QED) is 0.745. The number of carboxylic acid groups (broad SMARTS) is 1. The third-order valence-electron chi connectivity index (χ3n) is 2.72. The van der Waals surface area contributed by atoms with Gasteiger partial charge in [0.15, 0.2) is 0 Å². The average Bonchev–Trinajstić information content (AvgIpc) is 2.47. The molecule has 0 saturated heterocycles. The van der Waals surface area contributed by atoms with Crippen molar-refractivity contribution in [2.24, 2.45) is 0 Å². The zero-order valence-corrected chi connectivity index (χ0v) is 13.3. The summed E-state index contributed by atoms with van der Waals surface area (Å²) in [6.45, 7) is 1.02. The van der Waals surface area contributed by atoms with Crippen LogP contribution in [0.3, 0.4) is 0 Å². The second-order valence-corrected chi connectivity index (χ2v) is 5.55.